The van der Waals surface area contributed by atoms with Gasteiger partial charge in [0.05, 0.1) is 5.41 Å². The smallest absolute Gasteiger partial charge is 0.228 e. The summed E-state index contributed by atoms with van der Waals surface area (Å²) in [6.07, 6.45) is 7.60. The van der Waals surface area contributed by atoms with Gasteiger partial charge in [0.1, 0.15) is 0 Å². The van der Waals surface area contributed by atoms with E-state index in [9.17, 15) is 4.79 Å². The number of nitrogens with zero attached hydrogens (tertiary/aromatic N) is 1. The zero-order chi connectivity index (χ0) is 14.1. The Hall–Kier alpha value is -0.570. The van der Waals surface area contributed by atoms with Crippen LogP contribution in [0.3, 0.4) is 0 Å². The monoisotopic (exact) mass is 268 g/mol. The third kappa shape index (κ3) is 4.48. The number of piperidine rings is 1. The van der Waals surface area contributed by atoms with Gasteiger partial charge in [0.25, 0.3) is 0 Å². The standard InChI is InChI=1S/C16H32N2O/c1-4-7-13-18(14-8-5-2)15(19)16(6-3)9-11-17-12-10-16/h17H,4-14H2,1-3H3. The fraction of sp³-hybridized carbons (Fsp3) is 0.938. The van der Waals surface area contributed by atoms with Crippen LogP contribution in [0, 0.1) is 5.41 Å². The lowest BCUT2D eigenvalue weighted by molar-refractivity contribution is -0.144. The van der Waals surface area contributed by atoms with Crippen LogP contribution in [0.5, 0.6) is 0 Å². The number of rotatable bonds is 8. The van der Waals surface area contributed by atoms with E-state index >= 15 is 0 Å². The van der Waals surface area contributed by atoms with Crippen molar-refractivity contribution in [3.63, 3.8) is 0 Å². The molecule has 0 spiro atoms. The molecule has 3 heteroatoms. The second-order valence-electron chi connectivity index (χ2n) is 5.88. The second kappa shape index (κ2) is 8.57. The van der Waals surface area contributed by atoms with Crippen molar-refractivity contribution in [3.05, 3.63) is 0 Å². The van der Waals surface area contributed by atoms with Gasteiger partial charge in [0, 0.05) is 13.1 Å². The molecule has 1 rings (SSSR count). The minimum Gasteiger partial charge on any atom is -0.342 e. The molecule has 1 heterocycles. The minimum atomic E-state index is -0.0767. The van der Waals surface area contributed by atoms with Gasteiger partial charge in [-0.2, -0.15) is 0 Å². The summed E-state index contributed by atoms with van der Waals surface area (Å²) in [5.41, 5.74) is -0.0767. The molecule has 1 amide bonds. The zero-order valence-corrected chi connectivity index (χ0v) is 13.1. The van der Waals surface area contributed by atoms with Crippen molar-refractivity contribution >= 4 is 5.91 Å². The highest BCUT2D eigenvalue weighted by Crippen LogP contribution is 2.34. The second-order valence-corrected chi connectivity index (χ2v) is 5.88. The lowest BCUT2D eigenvalue weighted by Gasteiger charge is -2.39. The van der Waals surface area contributed by atoms with Gasteiger partial charge < -0.3 is 10.2 Å². The van der Waals surface area contributed by atoms with Crippen molar-refractivity contribution < 1.29 is 4.79 Å². The van der Waals surface area contributed by atoms with E-state index in [-0.39, 0.29) is 5.41 Å². The summed E-state index contributed by atoms with van der Waals surface area (Å²) in [4.78, 5) is 15.1. The van der Waals surface area contributed by atoms with Crippen LogP contribution in [0.2, 0.25) is 0 Å². The molecule has 1 saturated heterocycles. The normalized spacial score (nSPS) is 18.3. The SMILES string of the molecule is CCCCN(CCCC)C(=O)C1(CC)CCNCC1. The molecule has 1 fully saturated rings. The van der Waals surface area contributed by atoms with Crippen LogP contribution in [0.4, 0.5) is 0 Å². The number of hydrogen-bond donors (Lipinski definition) is 1. The maximum Gasteiger partial charge on any atom is 0.228 e. The van der Waals surface area contributed by atoms with Gasteiger partial charge in [-0.25, -0.2) is 0 Å². The lowest BCUT2D eigenvalue weighted by atomic mass is 9.75. The van der Waals surface area contributed by atoms with Gasteiger partial charge in [0.2, 0.25) is 5.91 Å². The summed E-state index contributed by atoms with van der Waals surface area (Å²) in [6.45, 7) is 10.5. The summed E-state index contributed by atoms with van der Waals surface area (Å²) in [7, 11) is 0. The van der Waals surface area contributed by atoms with E-state index in [0.29, 0.717) is 5.91 Å². The molecule has 0 radical (unpaired) electrons. The number of hydrogen-bond acceptors (Lipinski definition) is 2. The van der Waals surface area contributed by atoms with Gasteiger partial charge in [-0.05, 0) is 45.2 Å². The Morgan fingerprint density at radius 2 is 1.58 bits per heavy atom. The Bertz CT molecular complexity index is 251. The van der Waals surface area contributed by atoms with E-state index in [4.69, 9.17) is 0 Å². The van der Waals surface area contributed by atoms with Gasteiger partial charge in [-0.1, -0.05) is 33.6 Å². The quantitative estimate of drug-likeness (QED) is 0.733. The minimum absolute atomic E-state index is 0.0767. The van der Waals surface area contributed by atoms with Crippen LogP contribution in [0.15, 0.2) is 0 Å². The molecule has 112 valence electrons. The Morgan fingerprint density at radius 1 is 1.05 bits per heavy atom. The fourth-order valence-electron chi connectivity index (χ4n) is 2.97. The van der Waals surface area contributed by atoms with Crippen molar-refractivity contribution in [1.82, 2.24) is 10.2 Å². The highest BCUT2D eigenvalue weighted by Gasteiger charge is 2.40. The van der Waals surface area contributed by atoms with Crippen molar-refractivity contribution in [1.29, 1.82) is 0 Å². The van der Waals surface area contributed by atoms with Crippen molar-refractivity contribution in [2.75, 3.05) is 26.2 Å². The summed E-state index contributed by atoms with van der Waals surface area (Å²) in [6, 6.07) is 0. The number of carbonyl (C=O) groups excluding carboxylic acids is 1. The molecule has 0 aromatic carbocycles. The number of nitrogens with one attached hydrogen (secondary N) is 1. The molecular weight excluding hydrogens is 236 g/mol. The first kappa shape index (κ1) is 16.5. The average molecular weight is 268 g/mol. The summed E-state index contributed by atoms with van der Waals surface area (Å²) in [5, 5.41) is 3.38. The molecule has 3 nitrogen and oxygen atoms in total. The van der Waals surface area contributed by atoms with Gasteiger partial charge >= 0.3 is 0 Å². The van der Waals surface area contributed by atoms with Gasteiger partial charge in [-0.15, -0.1) is 0 Å². The molecule has 0 bridgehead atoms. The van der Waals surface area contributed by atoms with Gasteiger partial charge in [0.15, 0.2) is 0 Å². The summed E-state index contributed by atoms with van der Waals surface area (Å²) >= 11 is 0. The molecule has 0 saturated carbocycles. The summed E-state index contributed by atoms with van der Waals surface area (Å²) < 4.78 is 0. The van der Waals surface area contributed by atoms with Crippen molar-refractivity contribution in [3.8, 4) is 0 Å². The van der Waals surface area contributed by atoms with E-state index in [1.165, 1.54) is 0 Å². The Kier molecular flexibility index (Phi) is 7.44. The summed E-state index contributed by atoms with van der Waals surface area (Å²) in [5.74, 6) is 0.429. The highest BCUT2D eigenvalue weighted by molar-refractivity contribution is 5.82. The van der Waals surface area contributed by atoms with E-state index < -0.39 is 0 Å². The Balaban J connectivity index is 2.70. The third-order valence-corrected chi connectivity index (χ3v) is 4.54. The predicted molar refractivity (Wildman–Crippen MR) is 81.2 cm³/mol. The van der Waals surface area contributed by atoms with Crippen LogP contribution < -0.4 is 5.32 Å². The van der Waals surface area contributed by atoms with Crippen molar-refractivity contribution in [2.24, 2.45) is 5.41 Å². The number of amides is 1. The molecule has 1 aliphatic rings. The number of unbranched alkanes of at least 4 members (excludes halogenated alkanes) is 2. The molecule has 0 aromatic heterocycles. The van der Waals surface area contributed by atoms with Crippen LogP contribution in [0.25, 0.3) is 0 Å². The molecule has 1 N–H and O–H groups in total. The molecule has 19 heavy (non-hydrogen) atoms. The molecule has 0 aliphatic carbocycles. The first-order valence-corrected chi connectivity index (χ1v) is 8.20. The number of carbonyl (C=O) groups is 1. The Labute approximate surface area is 119 Å². The fourth-order valence-corrected chi connectivity index (χ4v) is 2.97. The van der Waals surface area contributed by atoms with Crippen molar-refractivity contribution in [2.45, 2.75) is 65.7 Å². The third-order valence-electron chi connectivity index (χ3n) is 4.54. The molecule has 0 aromatic rings. The molecular formula is C16H32N2O. The first-order valence-electron chi connectivity index (χ1n) is 8.20. The first-order chi connectivity index (χ1) is 9.20. The maximum atomic E-state index is 13.0. The lowest BCUT2D eigenvalue weighted by Crippen LogP contribution is -2.49. The van der Waals surface area contributed by atoms with Gasteiger partial charge in [-0.3, -0.25) is 4.79 Å². The average Bonchev–Trinajstić information content (AvgIpc) is 2.47. The van der Waals surface area contributed by atoms with E-state index in [2.05, 4.69) is 31.0 Å². The predicted octanol–water partition coefficient (Wildman–Crippen LogP) is 3.20. The zero-order valence-electron chi connectivity index (χ0n) is 13.1. The topological polar surface area (TPSA) is 32.3 Å². The van der Waals surface area contributed by atoms with Crippen LogP contribution in [0.1, 0.15) is 65.7 Å². The Morgan fingerprint density at radius 3 is 2.00 bits per heavy atom. The molecule has 0 atom stereocenters. The van der Waals surface area contributed by atoms with Crippen LogP contribution in [-0.2, 0) is 4.79 Å². The van der Waals surface area contributed by atoms with Crippen LogP contribution >= 0.6 is 0 Å². The largest absolute Gasteiger partial charge is 0.342 e. The van der Waals surface area contributed by atoms with E-state index in [1.807, 2.05) is 0 Å². The van der Waals surface area contributed by atoms with Crippen LogP contribution in [-0.4, -0.2) is 37.0 Å². The van der Waals surface area contributed by atoms with E-state index in [0.717, 1.165) is 71.1 Å². The molecule has 0 unspecified atom stereocenters. The van der Waals surface area contributed by atoms with E-state index in [1.54, 1.807) is 0 Å². The maximum absolute atomic E-state index is 13.0. The molecule has 1 aliphatic heterocycles. The highest BCUT2D eigenvalue weighted by atomic mass is 16.2.